The molecule has 6 heteroatoms. The van der Waals surface area contributed by atoms with Gasteiger partial charge in [-0.25, -0.2) is 0 Å². The van der Waals surface area contributed by atoms with Gasteiger partial charge in [0, 0.05) is 19.0 Å². The van der Waals surface area contributed by atoms with Crippen molar-refractivity contribution in [1.29, 1.82) is 0 Å². The lowest BCUT2D eigenvalue weighted by molar-refractivity contribution is -0.142. The lowest BCUT2D eigenvalue weighted by Crippen LogP contribution is -2.54. The molecular weight excluding hydrogens is 364 g/mol. The minimum atomic E-state index is 0.0152. The summed E-state index contributed by atoms with van der Waals surface area (Å²) in [6.45, 7) is 5.79. The van der Waals surface area contributed by atoms with E-state index >= 15 is 0 Å². The topological polar surface area (TPSA) is 62.5 Å². The number of hydrogen-bond donors (Lipinski definition) is 0. The number of rotatable bonds is 5. The first-order chi connectivity index (χ1) is 14.2. The number of benzene rings is 1. The van der Waals surface area contributed by atoms with E-state index in [1.807, 2.05) is 13.0 Å². The van der Waals surface area contributed by atoms with Gasteiger partial charge in [0.1, 0.15) is 0 Å². The molecule has 0 bridgehead atoms. The lowest BCUT2D eigenvalue weighted by Gasteiger charge is -2.50. The standard InChI is InChI=1S/C23H30N4O2/c1-2-21-24-20(25-29-21)15-26-12-10-23(11-13-26)14-19(17-6-4-3-5-7-17)22(28)27(16-23)18-8-9-18/h3-7,18-19H,2,8-16H2,1H3. The molecule has 5 rings (SSSR count). The highest BCUT2D eigenvalue weighted by molar-refractivity contribution is 5.85. The largest absolute Gasteiger partial charge is 0.339 e. The van der Waals surface area contributed by atoms with E-state index in [4.69, 9.17) is 4.52 Å². The van der Waals surface area contributed by atoms with Crippen molar-refractivity contribution in [3.8, 4) is 0 Å². The summed E-state index contributed by atoms with van der Waals surface area (Å²) in [5.74, 6) is 1.87. The number of nitrogens with zero attached hydrogens (tertiary/aromatic N) is 4. The van der Waals surface area contributed by atoms with Crippen LogP contribution in [0, 0.1) is 5.41 Å². The van der Waals surface area contributed by atoms with E-state index in [2.05, 4.69) is 44.2 Å². The van der Waals surface area contributed by atoms with Gasteiger partial charge in [0.15, 0.2) is 5.82 Å². The highest BCUT2D eigenvalue weighted by Crippen LogP contribution is 2.48. The molecule has 154 valence electrons. The smallest absolute Gasteiger partial charge is 0.230 e. The van der Waals surface area contributed by atoms with Gasteiger partial charge >= 0.3 is 0 Å². The fourth-order valence-corrected chi connectivity index (χ4v) is 5.11. The number of amides is 1. The monoisotopic (exact) mass is 394 g/mol. The van der Waals surface area contributed by atoms with Gasteiger partial charge in [0.05, 0.1) is 12.5 Å². The van der Waals surface area contributed by atoms with Crippen molar-refractivity contribution in [2.24, 2.45) is 5.41 Å². The second kappa shape index (κ2) is 7.56. The molecule has 1 saturated carbocycles. The predicted octanol–water partition coefficient (Wildman–Crippen LogP) is 3.39. The summed E-state index contributed by atoms with van der Waals surface area (Å²) in [6, 6.07) is 10.9. The number of hydrogen-bond acceptors (Lipinski definition) is 5. The summed E-state index contributed by atoms with van der Waals surface area (Å²) in [6.07, 6.45) is 6.37. The zero-order valence-electron chi connectivity index (χ0n) is 17.2. The van der Waals surface area contributed by atoms with Crippen molar-refractivity contribution in [2.75, 3.05) is 19.6 Å². The van der Waals surface area contributed by atoms with Gasteiger partial charge in [-0.1, -0.05) is 42.4 Å². The molecule has 1 spiro atoms. The molecule has 1 atom stereocenters. The molecule has 2 aromatic rings. The van der Waals surface area contributed by atoms with E-state index in [1.165, 1.54) is 18.4 Å². The molecule has 1 aromatic heterocycles. The van der Waals surface area contributed by atoms with Crippen molar-refractivity contribution < 1.29 is 9.32 Å². The zero-order chi connectivity index (χ0) is 19.8. The Morgan fingerprint density at radius 1 is 1.17 bits per heavy atom. The molecule has 3 aliphatic rings. The Labute approximate surface area is 172 Å². The molecule has 1 aliphatic carbocycles. The molecule has 2 aliphatic heterocycles. The van der Waals surface area contributed by atoms with Crippen molar-refractivity contribution in [3.05, 3.63) is 47.6 Å². The maximum atomic E-state index is 13.3. The van der Waals surface area contributed by atoms with Gasteiger partial charge in [-0.15, -0.1) is 0 Å². The summed E-state index contributed by atoms with van der Waals surface area (Å²) in [7, 11) is 0. The zero-order valence-corrected chi connectivity index (χ0v) is 17.2. The van der Waals surface area contributed by atoms with Crippen LogP contribution in [0.25, 0.3) is 0 Å². The maximum Gasteiger partial charge on any atom is 0.230 e. The molecule has 1 aromatic carbocycles. The first-order valence-electron chi connectivity index (χ1n) is 11.0. The van der Waals surface area contributed by atoms with Gasteiger partial charge in [0.25, 0.3) is 0 Å². The average Bonchev–Trinajstić information content (AvgIpc) is 3.51. The minimum Gasteiger partial charge on any atom is -0.339 e. The third-order valence-corrected chi connectivity index (χ3v) is 7.01. The van der Waals surface area contributed by atoms with Crippen molar-refractivity contribution >= 4 is 5.91 Å². The first kappa shape index (κ1) is 18.8. The predicted molar refractivity (Wildman–Crippen MR) is 109 cm³/mol. The quantitative estimate of drug-likeness (QED) is 0.778. The number of carbonyl (C=O) groups excluding carboxylic acids is 1. The van der Waals surface area contributed by atoms with Crippen LogP contribution >= 0.6 is 0 Å². The number of piperidine rings is 2. The normalized spacial score (nSPS) is 24.9. The van der Waals surface area contributed by atoms with Crippen LogP contribution in [0.1, 0.15) is 62.2 Å². The average molecular weight is 395 g/mol. The van der Waals surface area contributed by atoms with Gasteiger partial charge in [-0.2, -0.15) is 4.98 Å². The second-order valence-corrected chi connectivity index (χ2v) is 9.10. The van der Waals surface area contributed by atoms with Crippen LogP contribution in [0.15, 0.2) is 34.9 Å². The summed E-state index contributed by atoms with van der Waals surface area (Å²) < 4.78 is 5.26. The molecule has 2 saturated heterocycles. The van der Waals surface area contributed by atoms with Crippen LogP contribution in [0.5, 0.6) is 0 Å². The van der Waals surface area contributed by atoms with Crippen LogP contribution in [0.3, 0.4) is 0 Å². The van der Waals surface area contributed by atoms with E-state index < -0.39 is 0 Å². The van der Waals surface area contributed by atoms with Crippen LogP contribution in [-0.4, -0.2) is 51.5 Å². The van der Waals surface area contributed by atoms with E-state index in [0.717, 1.165) is 57.7 Å². The fraction of sp³-hybridized carbons (Fsp3) is 0.609. The Morgan fingerprint density at radius 2 is 1.93 bits per heavy atom. The third kappa shape index (κ3) is 3.82. The molecule has 29 heavy (non-hydrogen) atoms. The number of likely N-dealkylation sites (tertiary alicyclic amines) is 2. The summed E-state index contributed by atoms with van der Waals surface area (Å²) in [5, 5.41) is 4.11. The molecule has 1 unspecified atom stereocenters. The fourth-order valence-electron chi connectivity index (χ4n) is 5.11. The Bertz CT molecular complexity index is 853. The highest BCUT2D eigenvalue weighted by atomic mass is 16.5. The summed E-state index contributed by atoms with van der Waals surface area (Å²) in [5.41, 5.74) is 1.42. The lowest BCUT2D eigenvalue weighted by atomic mass is 9.67. The Kier molecular flexibility index (Phi) is 4.90. The molecular formula is C23H30N4O2. The van der Waals surface area contributed by atoms with Crippen LogP contribution < -0.4 is 0 Å². The van der Waals surface area contributed by atoms with Crippen LogP contribution in [-0.2, 0) is 17.8 Å². The van der Waals surface area contributed by atoms with Gasteiger partial charge in [-0.05, 0) is 56.2 Å². The summed E-state index contributed by atoms with van der Waals surface area (Å²) in [4.78, 5) is 22.4. The number of aryl methyl sites for hydroxylation is 1. The van der Waals surface area contributed by atoms with E-state index in [1.54, 1.807) is 0 Å². The Hall–Kier alpha value is -2.21. The van der Waals surface area contributed by atoms with E-state index in [-0.39, 0.29) is 11.3 Å². The van der Waals surface area contributed by atoms with Crippen LogP contribution in [0.4, 0.5) is 0 Å². The van der Waals surface area contributed by atoms with Gasteiger partial charge < -0.3 is 9.42 Å². The molecule has 3 heterocycles. The number of aromatic nitrogens is 2. The number of carbonyl (C=O) groups is 1. The maximum absolute atomic E-state index is 13.3. The Morgan fingerprint density at radius 3 is 2.59 bits per heavy atom. The third-order valence-electron chi connectivity index (χ3n) is 7.01. The van der Waals surface area contributed by atoms with Crippen molar-refractivity contribution in [2.45, 2.75) is 64.0 Å². The van der Waals surface area contributed by atoms with Gasteiger partial charge in [-0.3, -0.25) is 9.69 Å². The highest BCUT2D eigenvalue weighted by Gasteiger charge is 2.49. The first-order valence-corrected chi connectivity index (χ1v) is 11.0. The summed E-state index contributed by atoms with van der Waals surface area (Å²) >= 11 is 0. The van der Waals surface area contributed by atoms with E-state index in [0.29, 0.717) is 17.8 Å². The van der Waals surface area contributed by atoms with E-state index in [9.17, 15) is 4.79 Å². The SMILES string of the molecule is CCc1nc(CN2CCC3(CC2)CC(c2ccccc2)C(=O)N(C2CC2)C3)no1. The van der Waals surface area contributed by atoms with Crippen molar-refractivity contribution in [1.82, 2.24) is 19.9 Å². The molecule has 0 radical (unpaired) electrons. The minimum absolute atomic E-state index is 0.0152. The molecule has 6 nitrogen and oxygen atoms in total. The van der Waals surface area contributed by atoms with Crippen LogP contribution in [0.2, 0.25) is 0 Å². The molecule has 3 fully saturated rings. The van der Waals surface area contributed by atoms with Crippen molar-refractivity contribution in [3.63, 3.8) is 0 Å². The van der Waals surface area contributed by atoms with Gasteiger partial charge in [0.2, 0.25) is 11.8 Å². The second-order valence-electron chi connectivity index (χ2n) is 9.10. The Balaban J connectivity index is 1.30. The molecule has 0 N–H and O–H groups in total. The molecule has 1 amide bonds.